The molecular formula is C24H29N3O2S. The van der Waals surface area contributed by atoms with Crippen molar-refractivity contribution in [1.29, 1.82) is 0 Å². The Labute approximate surface area is 184 Å². The summed E-state index contributed by atoms with van der Waals surface area (Å²) >= 11 is 5.23. The molecule has 0 fully saturated rings. The van der Waals surface area contributed by atoms with Crippen LogP contribution < -0.4 is 10.6 Å². The first kappa shape index (κ1) is 23.3. The predicted molar refractivity (Wildman–Crippen MR) is 128 cm³/mol. The summed E-state index contributed by atoms with van der Waals surface area (Å²) in [4.78, 5) is 26.7. The summed E-state index contributed by atoms with van der Waals surface area (Å²) in [5, 5.41) is 5.77. The molecule has 0 heterocycles. The van der Waals surface area contributed by atoms with Gasteiger partial charge in [0, 0.05) is 30.4 Å². The SMILES string of the molecule is CCCN(CCC)C(=O)c1cccc(NC(=S)NC(=O)/C=C/c2ccc(C)cc2)c1. The molecule has 0 bridgehead atoms. The number of benzene rings is 2. The number of anilines is 1. The minimum atomic E-state index is -0.322. The van der Waals surface area contributed by atoms with E-state index in [0.29, 0.717) is 11.3 Å². The Balaban J connectivity index is 1.96. The molecule has 5 nitrogen and oxygen atoms in total. The summed E-state index contributed by atoms with van der Waals surface area (Å²) in [7, 11) is 0. The lowest BCUT2D eigenvalue weighted by Gasteiger charge is -2.21. The first-order valence-electron chi connectivity index (χ1n) is 10.2. The topological polar surface area (TPSA) is 61.4 Å². The van der Waals surface area contributed by atoms with Crippen molar-refractivity contribution >= 4 is 40.9 Å². The lowest BCUT2D eigenvalue weighted by molar-refractivity contribution is -0.115. The number of hydrogen-bond donors (Lipinski definition) is 2. The minimum Gasteiger partial charge on any atom is -0.339 e. The van der Waals surface area contributed by atoms with E-state index in [2.05, 4.69) is 24.5 Å². The van der Waals surface area contributed by atoms with Crippen LogP contribution in [0.2, 0.25) is 0 Å². The number of thiocarbonyl (C=S) groups is 1. The van der Waals surface area contributed by atoms with Gasteiger partial charge in [-0.25, -0.2) is 0 Å². The van der Waals surface area contributed by atoms with Crippen LogP contribution in [-0.2, 0) is 4.79 Å². The lowest BCUT2D eigenvalue weighted by Crippen LogP contribution is -2.33. The van der Waals surface area contributed by atoms with E-state index < -0.39 is 0 Å². The van der Waals surface area contributed by atoms with Gasteiger partial charge in [-0.15, -0.1) is 0 Å². The highest BCUT2D eigenvalue weighted by molar-refractivity contribution is 7.80. The van der Waals surface area contributed by atoms with Crippen molar-refractivity contribution in [2.45, 2.75) is 33.6 Å². The van der Waals surface area contributed by atoms with Gasteiger partial charge < -0.3 is 10.2 Å². The Kier molecular flexibility index (Phi) is 9.22. The quantitative estimate of drug-likeness (QED) is 0.474. The number of amides is 2. The molecule has 0 aliphatic rings. The van der Waals surface area contributed by atoms with Crippen LogP contribution in [0.25, 0.3) is 6.08 Å². The average Bonchev–Trinajstić information content (AvgIpc) is 2.72. The molecule has 158 valence electrons. The molecule has 2 aromatic rings. The van der Waals surface area contributed by atoms with E-state index in [-0.39, 0.29) is 16.9 Å². The lowest BCUT2D eigenvalue weighted by atomic mass is 10.1. The molecule has 0 saturated heterocycles. The maximum Gasteiger partial charge on any atom is 0.253 e. The molecule has 0 saturated carbocycles. The molecule has 0 aromatic heterocycles. The van der Waals surface area contributed by atoms with Crippen LogP contribution in [0.4, 0.5) is 5.69 Å². The summed E-state index contributed by atoms with van der Waals surface area (Å²) in [6.07, 6.45) is 4.99. The van der Waals surface area contributed by atoms with Crippen LogP contribution in [0.1, 0.15) is 48.2 Å². The van der Waals surface area contributed by atoms with Crippen molar-refractivity contribution in [3.05, 3.63) is 71.3 Å². The van der Waals surface area contributed by atoms with Gasteiger partial charge in [0.05, 0.1) is 0 Å². The number of nitrogens with zero attached hydrogens (tertiary/aromatic N) is 1. The fourth-order valence-electron chi connectivity index (χ4n) is 2.93. The van der Waals surface area contributed by atoms with Crippen molar-refractivity contribution in [3.8, 4) is 0 Å². The van der Waals surface area contributed by atoms with E-state index in [1.807, 2.05) is 36.1 Å². The summed E-state index contributed by atoms with van der Waals surface area (Å²) in [6, 6.07) is 15.0. The van der Waals surface area contributed by atoms with Gasteiger partial charge in [0.1, 0.15) is 0 Å². The Morgan fingerprint density at radius 3 is 2.33 bits per heavy atom. The number of rotatable bonds is 8. The first-order valence-corrected chi connectivity index (χ1v) is 10.6. The van der Waals surface area contributed by atoms with Gasteiger partial charge >= 0.3 is 0 Å². The number of aryl methyl sites for hydroxylation is 1. The molecule has 0 atom stereocenters. The third-order valence-electron chi connectivity index (χ3n) is 4.38. The van der Waals surface area contributed by atoms with Gasteiger partial charge in [-0.2, -0.15) is 0 Å². The molecule has 30 heavy (non-hydrogen) atoms. The normalized spacial score (nSPS) is 10.6. The third-order valence-corrected chi connectivity index (χ3v) is 4.59. The number of carbonyl (C=O) groups excluding carboxylic acids is 2. The number of nitrogens with one attached hydrogen (secondary N) is 2. The molecule has 0 spiro atoms. The summed E-state index contributed by atoms with van der Waals surface area (Å²) in [5.74, 6) is -0.323. The second kappa shape index (κ2) is 11.9. The standard InChI is InChI=1S/C24H29N3O2S/c1-4-15-27(16-5-2)23(29)20-7-6-8-21(17-20)25-24(30)26-22(28)14-13-19-11-9-18(3)10-12-19/h6-14,17H,4-5,15-16H2,1-3H3,(H2,25,26,28,30)/b14-13+. The molecule has 2 N–H and O–H groups in total. The van der Waals surface area contributed by atoms with Crippen LogP contribution >= 0.6 is 12.2 Å². The molecule has 2 amide bonds. The molecule has 2 aromatic carbocycles. The second-order valence-corrected chi connectivity index (χ2v) is 7.47. The van der Waals surface area contributed by atoms with Crippen molar-refractivity contribution < 1.29 is 9.59 Å². The van der Waals surface area contributed by atoms with Gasteiger partial charge in [0.15, 0.2) is 5.11 Å². The van der Waals surface area contributed by atoms with Gasteiger partial charge in [0.2, 0.25) is 5.91 Å². The highest BCUT2D eigenvalue weighted by Crippen LogP contribution is 2.14. The minimum absolute atomic E-state index is 0.00154. The van der Waals surface area contributed by atoms with E-state index in [9.17, 15) is 9.59 Å². The van der Waals surface area contributed by atoms with E-state index in [4.69, 9.17) is 12.2 Å². The number of hydrogen-bond acceptors (Lipinski definition) is 3. The van der Waals surface area contributed by atoms with Crippen LogP contribution in [0.15, 0.2) is 54.6 Å². The monoisotopic (exact) mass is 423 g/mol. The van der Waals surface area contributed by atoms with Gasteiger partial charge in [0.25, 0.3) is 5.91 Å². The van der Waals surface area contributed by atoms with E-state index in [1.165, 1.54) is 6.08 Å². The molecule has 2 rings (SSSR count). The van der Waals surface area contributed by atoms with Crippen LogP contribution in [-0.4, -0.2) is 34.9 Å². The number of carbonyl (C=O) groups is 2. The van der Waals surface area contributed by atoms with Crippen LogP contribution in [0.3, 0.4) is 0 Å². The van der Waals surface area contributed by atoms with E-state index >= 15 is 0 Å². The van der Waals surface area contributed by atoms with Crippen LogP contribution in [0.5, 0.6) is 0 Å². The van der Waals surface area contributed by atoms with Crippen molar-refractivity contribution in [1.82, 2.24) is 10.2 Å². The molecule has 0 aliphatic carbocycles. The molecule has 0 radical (unpaired) electrons. The zero-order valence-electron chi connectivity index (χ0n) is 17.8. The Morgan fingerprint density at radius 1 is 1.03 bits per heavy atom. The highest BCUT2D eigenvalue weighted by Gasteiger charge is 2.14. The maximum absolute atomic E-state index is 12.8. The maximum atomic E-state index is 12.8. The Hall–Kier alpha value is -2.99. The fraction of sp³-hybridized carbons (Fsp3) is 0.292. The van der Waals surface area contributed by atoms with Crippen LogP contribution in [0, 0.1) is 6.92 Å². The molecule has 0 unspecified atom stereocenters. The Bertz CT molecular complexity index is 901. The third kappa shape index (κ3) is 7.44. The molecule has 6 heteroatoms. The van der Waals surface area contributed by atoms with E-state index in [0.717, 1.165) is 37.1 Å². The summed E-state index contributed by atoms with van der Waals surface area (Å²) < 4.78 is 0. The zero-order valence-corrected chi connectivity index (χ0v) is 18.6. The Morgan fingerprint density at radius 2 is 1.70 bits per heavy atom. The first-order chi connectivity index (χ1) is 14.4. The zero-order chi connectivity index (χ0) is 21.9. The average molecular weight is 424 g/mol. The molecule has 0 aliphatic heterocycles. The molecular weight excluding hydrogens is 394 g/mol. The predicted octanol–water partition coefficient (Wildman–Crippen LogP) is 4.78. The second-order valence-electron chi connectivity index (χ2n) is 7.06. The largest absolute Gasteiger partial charge is 0.339 e. The van der Waals surface area contributed by atoms with Gasteiger partial charge in [-0.1, -0.05) is 49.7 Å². The fourth-order valence-corrected chi connectivity index (χ4v) is 3.15. The van der Waals surface area contributed by atoms with Crippen molar-refractivity contribution in [3.63, 3.8) is 0 Å². The summed E-state index contributed by atoms with van der Waals surface area (Å²) in [6.45, 7) is 7.58. The summed E-state index contributed by atoms with van der Waals surface area (Å²) in [5.41, 5.74) is 3.34. The van der Waals surface area contributed by atoms with Gasteiger partial charge in [-0.05, 0) is 61.8 Å². The smallest absolute Gasteiger partial charge is 0.253 e. The highest BCUT2D eigenvalue weighted by atomic mass is 32.1. The van der Waals surface area contributed by atoms with Crippen molar-refractivity contribution in [2.75, 3.05) is 18.4 Å². The van der Waals surface area contributed by atoms with E-state index in [1.54, 1.807) is 30.3 Å². The van der Waals surface area contributed by atoms with Gasteiger partial charge in [-0.3, -0.25) is 14.9 Å². The van der Waals surface area contributed by atoms with Crippen molar-refractivity contribution in [2.24, 2.45) is 0 Å².